The van der Waals surface area contributed by atoms with Crippen molar-refractivity contribution in [1.82, 2.24) is 20.1 Å². The molecule has 23 heavy (non-hydrogen) atoms. The number of likely N-dealkylation sites (tertiary alicyclic amines) is 1. The molecule has 7 heteroatoms. The monoisotopic (exact) mass is 318 g/mol. The third-order valence-corrected chi connectivity index (χ3v) is 4.12. The van der Waals surface area contributed by atoms with Crippen LogP contribution in [0.25, 0.3) is 11.4 Å². The summed E-state index contributed by atoms with van der Waals surface area (Å²) >= 11 is 0. The zero-order valence-electron chi connectivity index (χ0n) is 13.0. The summed E-state index contributed by atoms with van der Waals surface area (Å²) in [7, 11) is 0. The standard InChI is InChI=1S/C16H19FN4O2/c1-11(22)21-6-3-12(4-7-21)10-23-13-8-14(17)16(18-9-13)15-2-5-19-20-15/h2,5,8-9,12H,3-4,6-7,10H2,1H3,(H,19,20). The summed E-state index contributed by atoms with van der Waals surface area (Å²) in [6.07, 6.45) is 4.88. The van der Waals surface area contributed by atoms with E-state index in [9.17, 15) is 9.18 Å². The molecule has 0 unspecified atom stereocenters. The topological polar surface area (TPSA) is 71.1 Å². The average molecular weight is 318 g/mol. The fraction of sp³-hybridized carbons (Fsp3) is 0.438. The van der Waals surface area contributed by atoms with Crippen LogP contribution in [0.15, 0.2) is 24.5 Å². The zero-order valence-corrected chi connectivity index (χ0v) is 13.0. The zero-order chi connectivity index (χ0) is 16.2. The van der Waals surface area contributed by atoms with E-state index in [-0.39, 0.29) is 11.6 Å². The Morgan fingerprint density at radius 2 is 2.26 bits per heavy atom. The van der Waals surface area contributed by atoms with Gasteiger partial charge in [-0.3, -0.25) is 9.89 Å². The highest BCUT2D eigenvalue weighted by atomic mass is 19.1. The third-order valence-electron chi connectivity index (χ3n) is 4.12. The highest BCUT2D eigenvalue weighted by molar-refractivity contribution is 5.73. The summed E-state index contributed by atoms with van der Waals surface area (Å²) in [6.45, 7) is 3.62. The number of carbonyl (C=O) groups excluding carboxylic acids is 1. The van der Waals surface area contributed by atoms with E-state index in [1.165, 1.54) is 12.3 Å². The quantitative estimate of drug-likeness (QED) is 0.938. The predicted octanol–water partition coefficient (Wildman–Crippen LogP) is 2.25. The SMILES string of the molecule is CC(=O)N1CCC(COc2cnc(-c3ccn[nH]3)c(F)c2)CC1. The van der Waals surface area contributed by atoms with Crippen molar-refractivity contribution < 1.29 is 13.9 Å². The minimum absolute atomic E-state index is 0.116. The van der Waals surface area contributed by atoms with Crippen LogP contribution in [0.5, 0.6) is 5.75 Å². The number of nitrogens with one attached hydrogen (secondary N) is 1. The van der Waals surface area contributed by atoms with Gasteiger partial charge in [-0.25, -0.2) is 9.37 Å². The molecule has 0 spiro atoms. The summed E-state index contributed by atoms with van der Waals surface area (Å²) in [5.74, 6) is 0.462. The Morgan fingerprint density at radius 3 is 2.87 bits per heavy atom. The summed E-state index contributed by atoms with van der Waals surface area (Å²) in [5.41, 5.74) is 0.760. The molecular weight excluding hydrogens is 299 g/mol. The number of pyridine rings is 1. The van der Waals surface area contributed by atoms with Gasteiger partial charge in [0.2, 0.25) is 5.91 Å². The van der Waals surface area contributed by atoms with Crippen molar-refractivity contribution >= 4 is 5.91 Å². The molecule has 1 amide bonds. The fourth-order valence-corrected chi connectivity index (χ4v) is 2.71. The Balaban J connectivity index is 1.55. The lowest BCUT2D eigenvalue weighted by molar-refractivity contribution is -0.130. The molecule has 6 nitrogen and oxygen atoms in total. The van der Waals surface area contributed by atoms with Crippen LogP contribution in [0.2, 0.25) is 0 Å². The molecule has 0 atom stereocenters. The molecule has 1 saturated heterocycles. The Bertz CT molecular complexity index is 667. The first-order valence-corrected chi connectivity index (χ1v) is 7.67. The van der Waals surface area contributed by atoms with Gasteiger partial charge in [0, 0.05) is 32.3 Å². The molecule has 0 bridgehead atoms. The van der Waals surface area contributed by atoms with Crippen LogP contribution in [0.1, 0.15) is 19.8 Å². The fourth-order valence-electron chi connectivity index (χ4n) is 2.71. The maximum Gasteiger partial charge on any atom is 0.219 e. The first-order chi connectivity index (χ1) is 11.1. The minimum Gasteiger partial charge on any atom is -0.492 e. The summed E-state index contributed by atoms with van der Waals surface area (Å²) in [6, 6.07) is 3.00. The number of rotatable bonds is 4. The van der Waals surface area contributed by atoms with Crippen molar-refractivity contribution in [2.45, 2.75) is 19.8 Å². The smallest absolute Gasteiger partial charge is 0.219 e. The van der Waals surface area contributed by atoms with Gasteiger partial charge >= 0.3 is 0 Å². The first-order valence-electron chi connectivity index (χ1n) is 7.67. The summed E-state index contributed by atoms with van der Waals surface area (Å²) in [5, 5.41) is 6.47. The number of amides is 1. The second-order valence-electron chi connectivity index (χ2n) is 5.73. The number of aromatic nitrogens is 3. The Labute approximate surface area is 133 Å². The van der Waals surface area contributed by atoms with Crippen molar-refractivity contribution in [1.29, 1.82) is 0 Å². The van der Waals surface area contributed by atoms with Gasteiger partial charge in [-0.1, -0.05) is 0 Å². The van der Waals surface area contributed by atoms with Crippen LogP contribution in [0.4, 0.5) is 4.39 Å². The van der Waals surface area contributed by atoms with E-state index in [4.69, 9.17) is 4.74 Å². The number of nitrogens with zero attached hydrogens (tertiary/aromatic N) is 3. The number of ether oxygens (including phenoxy) is 1. The molecule has 0 radical (unpaired) electrons. The molecule has 122 valence electrons. The van der Waals surface area contributed by atoms with Gasteiger partial charge in [-0.05, 0) is 24.8 Å². The number of halogens is 1. The van der Waals surface area contributed by atoms with Crippen molar-refractivity contribution in [3.05, 3.63) is 30.3 Å². The molecule has 3 rings (SSSR count). The second-order valence-corrected chi connectivity index (χ2v) is 5.73. The van der Waals surface area contributed by atoms with Crippen LogP contribution < -0.4 is 4.74 Å². The van der Waals surface area contributed by atoms with Crippen molar-refractivity contribution in [2.75, 3.05) is 19.7 Å². The van der Waals surface area contributed by atoms with Crippen LogP contribution in [-0.2, 0) is 4.79 Å². The van der Waals surface area contributed by atoms with E-state index in [0.717, 1.165) is 25.9 Å². The second kappa shape index (κ2) is 6.76. The number of piperidine rings is 1. The normalized spacial score (nSPS) is 15.7. The van der Waals surface area contributed by atoms with Gasteiger partial charge in [0.1, 0.15) is 11.4 Å². The largest absolute Gasteiger partial charge is 0.492 e. The van der Waals surface area contributed by atoms with E-state index in [1.807, 2.05) is 4.90 Å². The molecule has 2 aromatic heterocycles. The third kappa shape index (κ3) is 3.67. The minimum atomic E-state index is -0.446. The van der Waals surface area contributed by atoms with Crippen molar-refractivity contribution in [3.63, 3.8) is 0 Å². The van der Waals surface area contributed by atoms with Crippen molar-refractivity contribution in [3.8, 4) is 17.1 Å². The van der Waals surface area contributed by atoms with Gasteiger partial charge in [-0.15, -0.1) is 0 Å². The number of carbonyl (C=O) groups is 1. The Kier molecular flexibility index (Phi) is 4.55. The molecule has 1 aliphatic heterocycles. The maximum atomic E-state index is 14.1. The van der Waals surface area contributed by atoms with Crippen LogP contribution in [-0.4, -0.2) is 45.7 Å². The highest BCUT2D eigenvalue weighted by Crippen LogP contribution is 2.23. The number of hydrogen-bond acceptors (Lipinski definition) is 4. The molecular formula is C16H19FN4O2. The van der Waals surface area contributed by atoms with Gasteiger partial charge in [0.25, 0.3) is 0 Å². The predicted molar refractivity (Wildman–Crippen MR) is 82.2 cm³/mol. The lowest BCUT2D eigenvalue weighted by Gasteiger charge is -2.31. The van der Waals surface area contributed by atoms with E-state index < -0.39 is 5.82 Å². The molecule has 1 N–H and O–H groups in total. The van der Waals surface area contributed by atoms with E-state index in [0.29, 0.717) is 24.0 Å². The molecule has 0 aliphatic carbocycles. The lowest BCUT2D eigenvalue weighted by atomic mass is 9.98. The molecule has 1 fully saturated rings. The lowest BCUT2D eigenvalue weighted by Crippen LogP contribution is -2.38. The first kappa shape index (κ1) is 15.5. The average Bonchev–Trinajstić information content (AvgIpc) is 3.07. The Hall–Kier alpha value is -2.44. The summed E-state index contributed by atoms with van der Waals surface area (Å²) < 4.78 is 19.7. The highest BCUT2D eigenvalue weighted by Gasteiger charge is 2.21. The van der Waals surface area contributed by atoms with Gasteiger partial charge in [0.15, 0.2) is 5.82 Å². The number of H-pyrrole nitrogens is 1. The van der Waals surface area contributed by atoms with E-state index in [1.54, 1.807) is 19.2 Å². The van der Waals surface area contributed by atoms with Crippen LogP contribution in [0, 0.1) is 11.7 Å². The number of hydrogen-bond donors (Lipinski definition) is 1. The molecule has 1 aliphatic rings. The number of aromatic amines is 1. The van der Waals surface area contributed by atoms with E-state index >= 15 is 0 Å². The maximum absolute atomic E-state index is 14.1. The van der Waals surface area contributed by atoms with Gasteiger partial charge in [0.05, 0.1) is 18.5 Å². The van der Waals surface area contributed by atoms with Crippen LogP contribution >= 0.6 is 0 Å². The molecule has 0 saturated carbocycles. The van der Waals surface area contributed by atoms with Crippen LogP contribution in [0.3, 0.4) is 0 Å². The molecule has 3 heterocycles. The van der Waals surface area contributed by atoms with Gasteiger partial charge < -0.3 is 9.64 Å². The molecule has 2 aromatic rings. The Morgan fingerprint density at radius 1 is 1.48 bits per heavy atom. The summed E-state index contributed by atoms with van der Waals surface area (Å²) in [4.78, 5) is 17.2. The van der Waals surface area contributed by atoms with Crippen molar-refractivity contribution in [2.24, 2.45) is 5.92 Å². The van der Waals surface area contributed by atoms with Gasteiger partial charge in [-0.2, -0.15) is 5.10 Å². The van der Waals surface area contributed by atoms with E-state index in [2.05, 4.69) is 15.2 Å². The molecule has 0 aromatic carbocycles.